The minimum Gasteiger partial charge on any atom is -2.00 e. The van der Waals surface area contributed by atoms with E-state index in [9.17, 15) is 0 Å². The molecule has 0 saturated carbocycles. The van der Waals surface area contributed by atoms with Gasteiger partial charge in [-0.3, -0.25) is 0 Å². The number of hydrogen-bond donors (Lipinski definition) is 0. The quantitative estimate of drug-likeness (QED) is 0.408. The van der Waals surface area contributed by atoms with Gasteiger partial charge in [0.15, 0.2) is 0 Å². The molecule has 0 aromatic rings. The smallest absolute Gasteiger partial charge is 2.00 e. The van der Waals surface area contributed by atoms with Crippen molar-refractivity contribution in [2.75, 3.05) is 0 Å². The Balaban J connectivity index is 0. The number of rotatable bonds is 0. The van der Waals surface area contributed by atoms with Gasteiger partial charge in [-0.15, -0.1) is 0 Å². The van der Waals surface area contributed by atoms with E-state index in [-0.39, 0.29) is 112 Å². The molecule has 7 heavy (non-hydrogen) atoms. The molecule has 0 amide bonds. The first-order valence-corrected chi connectivity index (χ1v) is 0. The molecule has 0 aromatic carbocycles. The molecule has 0 radical (unpaired) electrons. The average molecular weight is 301 g/mol. The Bertz CT molecular complexity index is 11.7. The third-order valence-corrected chi connectivity index (χ3v) is 0. The van der Waals surface area contributed by atoms with Crippen molar-refractivity contribution in [2.45, 2.75) is 0 Å². The molecule has 0 aromatic heterocycles. The van der Waals surface area contributed by atoms with Crippen molar-refractivity contribution in [1.29, 1.82) is 0 Å². The first-order valence-electron chi connectivity index (χ1n) is 0. The molecular formula is BaLiNbO4. The van der Waals surface area contributed by atoms with E-state index < -0.39 is 0 Å². The maximum Gasteiger partial charge on any atom is 5.00 e. The zero-order chi connectivity index (χ0) is 0. The van der Waals surface area contributed by atoms with Crippen LogP contribution in [0.15, 0.2) is 0 Å². The van der Waals surface area contributed by atoms with Crippen LogP contribution in [0.25, 0.3) is 0 Å². The summed E-state index contributed by atoms with van der Waals surface area (Å²) in [5, 5.41) is 0. The van der Waals surface area contributed by atoms with Gasteiger partial charge in [0, 0.05) is 0 Å². The predicted molar refractivity (Wildman–Crippen MR) is 8.50 cm³/mol. The Morgan fingerprint density at radius 3 is 0.571 bits per heavy atom. The molecule has 0 atom stereocenters. The van der Waals surface area contributed by atoms with Gasteiger partial charge in [0.05, 0.1) is 0 Å². The molecular weight excluding hydrogens is 301 g/mol. The van der Waals surface area contributed by atoms with Crippen LogP contribution in [0.2, 0.25) is 0 Å². The van der Waals surface area contributed by atoms with Crippen molar-refractivity contribution >= 4 is 48.9 Å². The zero-order valence-corrected chi connectivity index (χ0v) is 10.4. The Labute approximate surface area is 110 Å². The minimum atomic E-state index is 0. The van der Waals surface area contributed by atoms with Crippen LogP contribution < -0.4 is 18.9 Å². The van der Waals surface area contributed by atoms with Crippen LogP contribution in [-0.4, -0.2) is 48.9 Å². The fourth-order valence-electron chi connectivity index (χ4n) is 0. The third kappa shape index (κ3) is 52.7. The van der Waals surface area contributed by atoms with Crippen molar-refractivity contribution in [1.82, 2.24) is 0 Å². The maximum atomic E-state index is 0. The van der Waals surface area contributed by atoms with Crippen molar-refractivity contribution in [3.8, 4) is 0 Å². The monoisotopic (exact) mass is 302 g/mol. The van der Waals surface area contributed by atoms with Gasteiger partial charge in [0.25, 0.3) is 0 Å². The van der Waals surface area contributed by atoms with E-state index in [1.807, 2.05) is 0 Å². The van der Waals surface area contributed by atoms with E-state index in [1.165, 1.54) is 0 Å². The molecule has 32 valence electrons. The summed E-state index contributed by atoms with van der Waals surface area (Å²) < 4.78 is 0. The van der Waals surface area contributed by atoms with E-state index in [1.54, 1.807) is 0 Å². The van der Waals surface area contributed by atoms with Crippen LogP contribution in [0.1, 0.15) is 0 Å². The topological polar surface area (TPSA) is 114 Å². The van der Waals surface area contributed by atoms with Crippen molar-refractivity contribution in [3.05, 3.63) is 0 Å². The molecule has 0 fully saturated rings. The summed E-state index contributed by atoms with van der Waals surface area (Å²) in [6, 6.07) is 0. The van der Waals surface area contributed by atoms with Gasteiger partial charge in [-0.05, 0) is 0 Å². The Morgan fingerprint density at radius 1 is 0.571 bits per heavy atom. The molecule has 0 aliphatic rings. The molecule has 0 saturated heterocycles. The molecule has 0 spiro atoms. The normalized spacial score (nSPS) is 0. The molecule has 0 unspecified atom stereocenters. The van der Waals surface area contributed by atoms with Crippen LogP contribution in [0.5, 0.6) is 0 Å². The van der Waals surface area contributed by atoms with E-state index >= 15 is 0 Å². The third-order valence-electron chi connectivity index (χ3n) is 0. The summed E-state index contributed by atoms with van der Waals surface area (Å²) >= 11 is 0. The van der Waals surface area contributed by atoms with Gasteiger partial charge in [-0.25, -0.2) is 0 Å². The molecule has 0 bridgehead atoms. The maximum absolute atomic E-state index is 0. The summed E-state index contributed by atoms with van der Waals surface area (Å²) in [7, 11) is 0. The molecule has 4 nitrogen and oxygen atoms in total. The van der Waals surface area contributed by atoms with E-state index in [0.29, 0.717) is 0 Å². The number of hydrogen-bond acceptors (Lipinski definition) is 0. The van der Waals surface area contributed by atoms with E-state index in [2.05, 4.69) is 0 Å². The van der Waals surface area contributed by atoms with Crippen LogP contribution in [0.4, 0.5) is 0 Å². The minimum absolute atomic E-state index is 0. The summed E-state index contributed by atoms with van der Waals surface area (Å²) in [5.41, 5.74) is 0. The molecule has 0 aliphatic heterocycles. The van der Waals surface area contributed by atoms with E-state index in [4.69, 9.17) is 0 Å². The van der Waals surface area contributed by atoms with Crippen LogP contribution in [0, 0.1) is 0 Å². The van der Waals surface area contributed by atoms with Gasteiger partial charge in [-0.2, -0.15) is 0 Å². The first-order chi connectivity index (χ1) is 0. The van der Waals surface area contributed by atoms with Crippen molar-refractivity contribution in [3.63, 3.8) is 0 Å². The van der Waals surface area contributed by atoms with Gasteiger partial charge in [0.2, 0.25) is 0 Å². The SMILES string of the molecule is [Ba+2].[Li+].[Nb+5].[O-2].[O-2].[O-2].[O-2]. The zero-order valence-electron chi connectivity index (χ0n) is 3.79. The molecule has 0 heterocycles. The summed E-state index contributed by atoms with van der Waals surface area (Å²) in [5.74, 6) is 0. The fourth-order valence-corrected chi connectivity index (χ4v) is 0. The van der Waals surface area contributed by atoms with Crippen molar-refractivity contribution in [2.24, 2.45) is 0 Å². The van der Waals surface area contributed by atoms with Gasteiger partial charge in [-0.1, -0.05) is 0 Å². The second kappa shape index (κ2) is 69.5. The van der Waals surface area contributed by atoms with Gasteiger partial charge >= 0.3 is 90.1 Å². The second-order valence-corrected chi connectivity index (χ2v) is 0. The molecule has 0 rings (SSSR count). The van der Waals surface area contributed by atoms with E-state index in [0.717, 1.165) is 0 Å². The predicted octanol–water partition coefficient (Wildman–Crippen LogP) is -3.85. The van der Waals surface area contributed by atoms with Crippen molar-refractivity contribution < 1.29 is 63.1 Å². The fraction of sp³-hybridized carbons (Fsp3) is 0. The van der Waals surface area contributed by atoms with Crippen LogP contribution in [-0.2, 0) is 44.3 Å². The van der Waals surface area contributed by atoms with Gasteiger partial charge < -0.3 is 21.9 Å². The Morgan fingerprint density at radius 2 is 0.571 bits per heavy atom. The summed E-state index contributed by atoms with van der Waals surface area (Å²) in [4.78, 5) is 0. The Hall–Kier alpha value is 2.75. The Kier molecular flexibility index (Phi) is 981. The van der Waals surface area contributed by atoms with Crippen LogP contribution >= 0.6 is 0 Å². The summed E-state index contributed by atoms with van der Waals surface area (Å²) in [6.07, 6.45) is 0. The molecule has 7 heteroatoms. The first kappa shape index (κ1) is 98.7. The second-order valence-electron chi connectivity index (χ2n) is 0. The standard InChI is InChI=1S/Ba.Li.Nb.4O/q+2;+1;+5;4*-2. The summed E-state index contributed by atoms with van der Waals surface area (Å²) in [6.45, 7) is 0. The van der Waals surface area contributed by atoms with Gasteiger partial charge in [0.1, 0.15) is 0 Å². The average Bonchev–Trinajstić information content (AvgIpc) is 0. The molecule has 0 N–H and O–H groups in total. The van der Waals surface area contributed by atoms with Crippen LogP contribution in [0.3, 0.4) is 0 Å². The molecule has 0 aliphatic carbocycles. The largest absolute Gasteiger partial charge is 5.00 e.